The van der Waals surface area contributed by atoms with E-state index < -0.39 is 11.7 Å². The second kappa shape index (κ2) is 5.82. The van der Waals surface area contributed by atoms with Gasteiger partial charge in [0.2, 0.25) is 5.91 Å². The maximum atomic E-state index is 11.8. The number of rotatable bonds is 5. The van der Waals surface area contributed by atoms with Crippen molar-refractivity contribution in [2.45, 2.75) is 20.4 Å². The van der Waals surface area contributed by atoms with Gasteiger partial charge in [0.05, 0.1) is 11.1 Å². The van der Waals surface area contributed by atoms with Gasteiger partial charge in [-0.1, -0.05) is 13.8 Å². The molecule has 21 heavy (non-hydrogen) atoms. The van der Waals surface area contributed by atoms with E-state index in [1.54, 1.807) is 0 Å². The molecule has 112 valence electrons. The van der Waals surface area contributed by atoms with Crippen LogP contribution in [0, 0.1) is 5.92 Å². The van der Waals surface area contributed by atoms with E-state index in [4.69, 9.17) is 9.52 Å². The summed E-state index contributed by atoms with van der Waals surface area (Å²) in [7, 11) is 0. The van der Waals surface area contributed by atoms with Gasteiger partial charge in [-0.15, -0.1) is 0 Å². The number of hydrogen-bond acceptors (Lipinski definition) is 4. The van der Waals surface area contributed by atoms with Crippen molar-refractivity contribution < 1.29 is 19.1 Å². The number of carbonyl (C=O) groups excluding carboxylic acids is 1. The number of carboxylic acids is 1. The molecule has 0 fully saturated rings. The zero-order valence-corrected chi connectivity index (χ0v) is 11.8. The first-order chi connectivity index (χ1) is 9.88. The monoisotopic (exact) mass is 292 g/mol. The summed E-state index contributed by atoms with van der Waals surface area (Å²) in [5, 5.41) is 11.6. The van der Waals surface area contributed by atoms with Crippen molar-refractivity contribution in [1.29, 1.82) is 0 Å². The summed E-state index contributed by atoms with van der Waals surface area (Å²) < 4.78 is 6.16. The average Bonchev–Trinajstić information content (AvgIpc) is 2.72. The molecule has 0 atom stereocenters. The van der Waals surface area contributed by atoms with Crippen LogP contribution in [-0.4, -0.2) is 28.1 Å². The van der Waals surface area contributed by atoms with Crippen molar-refractivity contribution in [1.82, 2.24) is 9.88 Å². The summed E-state index contributed by atoms with van der Waals surface area (Å²) in [5.41, 5.74) is 0.564. The van der Waals surface area contributed by atoms with E-state index in [2.05, 4.69) is 5.32 Å². The molecule has 0 saturated heterocycles. The third-order valence-electron chi connectivity index (χ3n) is 2.92. The molecule has 0 aliphatic rings. The van der Waals surface area contributed by atoms with E-state index in [1.807, 2.05) is 13.8 Å². The van der Waals surface area contributed by atoms with Crippen LogP contribution in [0.4, 0.5) is 0 Å². The predicted octanol–water partition coefficient (Wildman–Crippen LogP) is 1.06. The fourth-order valence-corrected chi connectivity index (χ4v) is 1.87. The molecule has 0 radical (unpaired) electrons. The number of benzene rings is 1. The number of aromatic carboxylic acids is 1. The molecule has 0 bridgehead atoms. The van der Waals surface area contributed by atoms with Crippen LogP contribution >= 0.6 is 0 Å². The molecule has 0 aliphatic carbocycles. The minimum atomic E-state index is -1.11. The van der Waals surface area contributed by atoms with Crippen LogP contribution in [0.15, 0.2) is 27.4 Å². The highest BCUT2D eigenvalue weighted by atomic mass is 16.4. The first-order valence-corrected chi connectivity index (χ1v) is 6.52. The Bertz CT molecular complexity index is 741. The van der Waals surface area contributed by atoms with E-state index >= 15 is 0 Å². The fourth-order valence-electron chi connectivity index (χ4n) is 1.87. The summed E-state index contributed by atoms with van der Waals surface area (Å²) in [5.74, 6) is -1.78. The number of amides is 1. The van der Waals surface area contributed by atoms with Crippen molar-refractivity contribution in [3.8, 4) is 0 Å². The number of fused-ring (bicyclic) bond motifs is 1. The third kappa shape index (κ3) is 3.31. The summed E-state index contributed by atoms with van der Waals surface area (Å²) in [6, 6.07) is 4.09. The van der Waals surface area contributed by atoms with Crippen molar-refractivity contribution >= 4 is 23.0 Å². The normalized spacial score (nSPS) is 11.0. The highest BCUT2D eigenvalue weighted by molar-refractivity contribution is 5.92. The van der Waals surface area contributed by atoms with Gasteiger partial charge in [-0.3, -0.25) is 9.36 Å². The number of hydrogen-bond donors (Lipinski definition) is 2. The van der Waals surface area contributed by atoms with Gasteiger partial charge < -0.3 is 14.8 Å². The molecule has 2 rings (SSSR count). The quantitative estimate of drug-likeness (QED) is 0.858. The van der Waals surface area contributed by atoms with Crippen molar-refractivity contribution in [3.63, 3.8) is 0 Å². The van der Waals surface area contributed by atoms with Crippen LogP contribution < -0.4 is 11.1 Å². The lowest BCUT2D eigenvalue weighted by atomic mass is 10.2. The lowest BCUT2D eigenvalue weighted by Crippen LogP contribution is -2.33. The van der Waals surface area contributed by atoms with Gasteiger partial charge >= 0.3 is 11.7 Å². The summed E-state index contributed by atoms with van der Waals surface area (Å²) in [6.45, 7) is 4.29. The van der Waals surface area contributed by atoms with Crippen molar-refractivity contribution in [2.75, 3.05) is 6.54 Å². The highest BCUT2D eigenvalue weighted by Crippen LogP contribution is 2.15. The number of carboxylic acid groups (broad SMARTS) is 1. The SMILES string of the molecule is CC(C)CNC(=O)Cn1c(=O)oc2cc(C(=O)O)ccc21. The van der Waals surface area contributed by atoms with E-state index in [0.717, 1.165) is 0 Å². The van der Waals surface area contributed by atoms with Gasteiger partial charge in [0, 0.05) is 6.54 Å². The Hall–Kier alpha value is -2.57. The lowest BCUT2D eigenvalue weighted by molar-refractivity contribution is -0.121. The smallest absolute Gasteiger partial charge is 0.420 e. The van der Waals surface area contributed by atoms with Crippen LogP contribution in [0.3, 0.4) is 0 Å². The zero-order valence-electron chi connectivity index (χ0n) is 11.8. The predicted molar refractivity (Wildman–Crippen MR) is 75.3 cm³/mol. The van der Waals surface area contributed by atoms with Gasteiger partial charge in [-0.05, 0) is 24.1 Å². The minimum Gasteiger partial charge on any atom is -0.478 e. The molecule has 2 aromatic rings. The molecule has 1 aromatic heterocycles. The van der Waals surface area contributed by atoms with Crippen molar-refractivity contribution in [3.05, 3.63) is 34.3 Å². The lowest BCUT2D eigenvalue weighted by Gasteiger charge is -2.07. The summed E-state index contributed by atoms with van der Waals surface area (Å²) >= 11 is 0. The Labute approximate surface area is 120 Å². The number of nitrogens with one attached hydrogen (secondary N) is 1. The standard InChI is InChI=1S/C14H16N2O5/c1-8(2)6-15-12(17)7-16-10-4-3-9(13(18)19)5-11(10)21-14(16)20/h3-5,8H,6-7H2,1-2H3,(H,15,17)(H,18,19). The molecule has 0 unspecified atom stereocenters. The zero-order chi connectivity index (χ0) is 15.6. The molecule has 0 saturated carbocycles. The largest absolute Gasteiger partial charge is 0.478 e. The van der Waals surface area contributed by atoms with Crippen LogP contribution in [-0.2, 0) is 11.3 Å². The number of carbonyl (C=O) groups is 2. The molecule has 0 aliphatic heterocycles. The molecule has 0 spiro atoms. The first-order valence-electron chi connectivity index (χ1n) is 6.52. The van der Waals surface area contributed by atoms with Crippen molar-refractivity contribution in [2.24, 2.45) is 5.92 Å². The average molecular weight is 292 g/mol. The topological polar surface area (TPSA) is 102 Å². The molecule has 1 aromatic carbocycles. The molecular formula is C14H16N2O5. The molecule has 2 N–H and O–H groups in total. The summed E-state index contributed by atoms with van der Waals surface area (Å²) in [6.07, 6.45) is 0. The maximum Gasteiger partial charge on any atom is 0.420 e. The van der Waals surface area contributed by atoms with E-state index in [1.165, 1.54) is 22.8 Å². The number of nitrogens with zero attached hydrogens (tertiary/aromatic N) is 1. The number of aromatic nitrogens is 1. The van der Waals surface area contributed by atoms with Crippen LogP contribution in [0.1, 0.15) is 24.2 Å². The highest BCUT2D eigenvalue weighted by Gasteiger charge is 2.14. The van der Waals surface area contributed by atoms with E-state index in [-0.39, 0.29) is 23.6 Å². The Balaban J connectivity index is 2.28. The first kappa shape index (κ1) is 14.8. The Morgan fingerprint density at radius 1 is 1.38 bits per heavy atom. The Morgan fingerprint density at radius 2 is 2.10 bits per heavy atom. The van der Waals surface area contributed by atoms with Crippen LogP contribution in [0.25, 0.3) is 11.1 Å². The summed E-state index contributed by atoms with van der Waals surface area (Å²) in [4.78, 5) is 34.4. The minimum absolute atomic E-state index is 0.0210. The fraction of sp³-hybridized carbons (Fsp3) is 0.357. The van der Waals surface area contributed by atoms with Gasteiger partial charge in [0.1, 0.15) is 6.54 Å². The number of oxazole rings is 1. The molecular weight excluding hydrogens is 276 g/mol. The van der Waals surface area contributed by atoms with Gasteiger partial charge in [0.15, 0.2) is 5.58 Å². The molecule has 7 heteroatoms. The molecule has 7 nitrogen and oxygen atoms in total. The van der Waals surface area contributed by atoms with E-state index in [0.29, 0.717) is 18.0 Å². The van der Waals surface area contributed by atoms with Gasteiger partial charge in [-0.2, -0.15) is 0 Å². The molecule has 1 amide bonds. The third-order valence-corrected chi connectivity index (χ3v) is 2.92. The maximum absolute atomic E-state index is 11.8. The van der Waals surface area contributed by atoms with Gasteiger partial charge in [0.25, 0.3) is 0 Å². The second-order valence-electron chi connectivity index (χ2n) is 5.14. The Kier molecular flexibility index (Phi) is 4.11. The van der Waals surface area contributed by atoms with Crippen LogP contribution in [0.2, 0.25) is 0 Å². The van der Waals surface area contributed by atoms with E-state index in [9.17, 15) is 14.4 Å². The Morgan fingerprint density at radius 3 is 2.71 bits per heavy atom. The van der Waals surface area contributed by atoms with Crippen LogP contribution in [0.5, 0.6) is 0 Å². The second-order valence-corrected chi connectivity index (χ2v) is 5.14. The molecule has 1 heterocycles. The van der Waals surface area contributed by atoms with Gasteiger partial charge in [-0.25, -0.2) is 9.59 Å².